The Morgan fingerprint density at radius 1 is 1.24 bits per heavy atom. The number of hydrogen-bond acceptors (Lipinski definition) is 6. The van der Waals surface area contributed by atoms with Crippen LogP contribution in [0.5, 0.6) is 0 Å². The second-order valence-corrected chi connectivity index (χ2v) is 10.1. The van der Waals surface area contributed by atoms with E-state index in [-0.39, 0.29) is 41.7 Å². The van der Waals surface area contributed by atoms with Crippen LogP contribution in [0.1, 0.15) is 52.9 Å². The highest BCUT2D eigenvalue weighted by Gasteiger charge is 2.66. The zero-order chi connectivity index (χ0) is 20.9. The van der Waals surface area contributed by atoms with Gasteiger partial charge in [-0.3, -0.25) is 9.59 Å². The molecule has 4 rings (SSSR count). The molecule has 2 aliphatic heterocycles. The van der Waals surface area contributed by atoms with Gasteiger partial charge in [0.05, 0.1) is 31.8 Å². The number of hydrogen-bond donors (Lipinski definition) is 3. The fourth-order valence-corrected chi connectivity index (χ4v) is 7.03. The van der Waals surface area contributed by atoms with Crippen LogP contribution in [0, 0.1) is 29.1 Å². The molecule has 4 aliphatic rings. The molecule has 0 radical (unpaired) electrons. The predicted octanol–water partition coefficient (Wildman–Crippen LogP) is -0.0675. The first kappa shape index (κ1) is 21.1. The van der Waals surface area contributed by atoms with Crippen LogP contribution in [0.15, 0.2) is 0 Å². The summed E-state index contributed by atoms with van der Waals surface area (Å²) in [4.78, 5) is 25.8. The van der Waals surface area contributed by atoms with E-state index in [9.17, 15) is 19.8 Å². The molecule has 2 saturated heterocycles. The van der Waals surface area contributed by atoms with Gasteiger partial charge in [0, 0.05) is 30.6 Å². The highest BCUT2D eigenvalue weighted by molar-refractivity contribution is 5.75. The lowest BCUT2D eigenvalue weighted by Gasteiger charge is -2.42. The molecule has 0 aromatic heterocycles. The van der Waals surface area contributed by atoms with E-state index in [0.29, 0.717) is 19.4 Å². The number of carbonyl (C=O) groups is 2. The maximum absolute atomic E-state index is 12.8. The van der Waals surface area contributed by atoms with Gasteiger partial charge in [0.1, 0.15) is 18.1 Å². The van der Waals surface area contributed by atoms with E-state index < -0.39 is 23.7 Å². The van der Waals surface area contributed by atoms with Crippen molar-refractivity contribution < 1.29 is 34.2 Å². The topological polar surface area (TPSA) is 97.5 Å². The molecule has 0 amide bonds. The molecule has 7 heteroatoms. The Kier molecular flexibility index (Phi) is 5.68. The molecule has 4 fully saturated rings. The number of aliphatic hydroxyl groups is 2. The Bertz CT molecular complexity index is 649. The summed E-state index contributed by atoms with van der Waals surface area (Å²) in [5.74, 6) is -1.33. The number of piperidine rings is 1. The molecule has 2 saturated carbocycles. The number of rotatable bonds is 3. The second kappa shape index (κ2) is 7.82. The number of aliphatic hydroxyl groups excluding tert-OH is 2. The van der Waals surface area contributed by atoms with Crippen molar-refractivity contribution in [2.45, 2.75) is 77.3 Å². The molecule has 0 aromatic rings. The van der Waals surface area contributed by atoms with Gasteiger partial charge < -0.3 is 24.6 Å². The van der Waals surface area contributed by atoms with E-state index in [4.69, 9.17) is 9.47 Å². The smallest absolute Gasteiger partial charge is 0.315 e. The Hall–Kier alpha value is -1.18. The first-order valence-corrected chi connectivity index (χ1v) is 11.3. The van der Waals surface area contributed by atoms with E-state index in [1.807, 2.05) is 6.92 Å². The van der Waals surface area contributed by atoms with Crippen LogP contribution in [-0.2, 0) is 19.1 Å². The number of quaternary nitrogens is 1. The molecular weight excluding hydrogens is 374 g/mol. The fraction of sp³-hybridized carbons (Fsp3) is 0.909. The number of nitrogens with one attached hydrogen (secondary N) is 1. The molecule has 7 nitrogen and oxygen atoms in total. The average Bonchev–Trinajstić information content (AvgIpc) is 3.06. The van der Waals surface area contributed by atoms with Crippen LogP contribution >= 0.6 is 0 Å². The van der Waals surface area contributed by atoms with Crippen molar-refractivity contribution >= 4 is 11.9 Å². The van der Waals surface area contributed by atoms with Gasteiger partial charge in [-0.1, -0.05) is 13.8 Å². The SMILES string of the molecule is CC(=O)O[C@@H]1C[C@@H](O)[C@]2(C)[C@H]1[C@@H](C)C[C@@H]1OC(=O)[C@@H](C[NH+]3CCCCC3)[C@@H]1[C@H]2O. The lowest BCUT2D eigenvalue weighted by Crippen LogP contribution is -3.13. The van der Waals surface area contributed by atoms with E-state index in [1.54, 1.807) is 0 Å². The maximum Gasteiger partial charge on any atom is 0.315 e. The van der Waals surface area contributed by atoms with Crippen molar-refractivity contribution in [1.29, 1.82) is 0 Å². The number of carbonyl (C=O) groups excluding carboxylic acids is 2. The first-order valence-electron chi connectivity index (χ1n) is 11.3. The van der Waals surface area contributed by atoms with Gasteiger partial charge in [-0.2, -0.15) is 0 Å². The molecule has 3 N–H and O–H groups in total. The normalized spacial score (nSPS) is 47.8. The van der Waals surface area contributed by atoms with Gasteiger partial charge in [0.25, 0.3) is 0 Å². The summed E-state index contributed by atoms with van der Waals surface area (Å²) < 4.78 is 11.4. The van der Waals surface area contributed by atoms with Crippen LogP contribution in [0.25, 0.3) is 0 Å². The zero-order valence-electron chi connectivity index (χ0n) is 17.8. The third-order valence-electron chi connectivity index (χ3n) is 8.36. The molecule has 9 atom stereocenters. The molecule has 0 unspecified atom stereocenters. The number of fused-ring (bicyclic) bond motifs is 2. The summed E-state index contributed by atoms with van der Waals surface area (Å²) in [6, 6.07) is 0. The van der Waals surface area contributed by atoms with Gasteiger partial charge in [0.2, 0.25) is 0 Å². The third-order valence-corrected chi connectivity index (χ3v) is 8.36. The van der Waals surface area contributed by atoms with E-state index >= 15 is 0 Å². The third kappa shape index (κ3) is 3.49. The number of esters is 2. The quantitative estimate of drug-likeness (QED) is 0.564. The van der Waals surface area contributed by atoms with Crippen LogP contribution in [0.3, 0.4) is 0 Å². The van der Waals surface area contributed by atoms with Crippen LogP contribution in [0.4, 0.5) is 0 Å². The van der Waals surface area contributed by atoms with Crippen molar-refractivity contribution in [1.82, 2.24) is 0 Å². The van der Waals surface area contributed by atoms with E-state index in [1.165, 1.54) is 31.1 Å². The Morgan fingerprint density at radius 2 is 1.93 bits per heavy atom. The summed E-state index contributed by atoms with van der Waals surface area (Å²) in [6.07, 6.45) is 2.13. The Morgan fingerprint density at radius 3 is 2.59 bits per heavy atom. The van der Waals surface area contributed by atoms with Crippen LogP contribution in [0.2, 0.25) is 0 Å². The molecule has 2 aliphatic carbocycles. The fourth-order valence-electron chi connectivity index (χ4n) is 7.03. The number of likely N-dealkylation sites (tertiary alicyclic amines) is 1. The monoisotopic (exact) mass is 410 g/mol. The number of ether oxygens (including phenoxy) is 2. The Labute approximate surface area is 172 Å². The standard InChI is InChI=1S/C22H35NO6/c1-12-9-15-18(14(21(27)29-15)11-23-7-5-4-6-8-23)20(26)22(3)17(25)10-16(19(12)22)28-13(2)24/h12,14-20,25-26H,4-11H2,1-3H3/p+1/t12-,14-,15-,16+,17+,18-,19-,20+,22+/m0/s1. The molecule has 2 heterocycles. The predicted molar refractivity (Wildman–Crippen MR) is 104 cm³/mol. The van der Waals surface area contributed by atoms with Crippen LogP contribution < -0.4 is 4.90 Å². The van der Waals surface area contributed by atoms with Gasteiger partial charge in [-0.05, 0) is 31.6 Å². The average molecular weight is 411 g/mol. The highest BCUT2D eigenvalue weighted by Crippen LogP contribution is 2.57. The molecule has 0 aromatic carbocycles. The molecule has 0 spiro atoms. The summed E-state index contributed by atoms with van der Waals surface area (Å²) in [5, 5.41) is 22.6. The largest absolute Gasteiger partial charge is 0.462 e. The van der Waals surface area contributed by atoms with Crippen molar-refractivity contribution in [3.63, 3.8) is 0 Å². The molecular formula is C22H36NO6+. The van der Waals surface area contributed by atoms with Crippen molar-refractivity contribution in [2.24, 2.45) is 29.1 Å². The molecule has 29 heavy (non-hydrogen) atoms. The minimum absolute atomic E-state index is 0.0556. The Balaban J connectivity index is 1.63. The minimum atomic E-state index is -0.876. The molecule has 0 bridgehead atoms. The van der Waals surface area contributed by atoms with Crippen molar-refractivity contribution in [3.8, 4) is 0 Å². The van der Waals surface area contributed by atoms with Crippen LogP contribution in [-0.4, -0.2) is 66.2 Å². The van der Waals surface area contributed by atoms with Gasteiger partial charge in [-0.15, -0.1) is 0 Å². The van der Waals surface area contributed by atoms with Gasteiger partial charge in [0.15, 0.2) is 0 Å². The van der Waals surface area contributed by atoms with E-state index in [2.05, 4.69) is 6.92 Å². The minimum Gasteiger partial charge on any atom is -0.462 e. The lowest BCUT2D eigenvalue weighted by molar-refractivity contribution is -0.907. The zero-order valence-corrected chi connectivity index (χ0v) is 17.8. The van der Waals surface area contributed by atoms with Crippen molar-refractivity contribution in [2.75, 3.05) is 19.6 Å². The summed E-state index contributed by atoms with van der Waals surface area (Å²) >= 11 is 0. The second-order valence-electron chi connectivity index (χ2n) is 10.1. The van der Waals surface area contributed by atoms with Gasteiger partial charge >= 0.3 is 11.9 Å². The first-order chi connectivity index (χ1) is 13.7. The maximum atomic E-state index is 12.8. The van der Waals surface area contributed by atoms with E-state index in [0.717, 1.165) is 13.1 Å². The highest BCUT2D eigenvalue weighted by atomic mass is 16.6. The van der Waals surface area contributed by atoms with Crippen molar-refractivity contribution in [3.05, 3.63) is 0 Å². The molecule has 164 valence electrons. The summed E-state index contributed by atoms with van der Waals surface area (Å²) in [7, 11) is 0. The lowest BCUT2D eigenvalue weighted by atomic mass is 9.66. The van der Waals surface area contributed by atoms with Gasteiger partial charge in [-0.25, -0.2) is 0 Å². The summed E-state index contributed by atoms with van der Waals surface area (Å²) in [6.45, 7) is 8.16. The summed E-state index contributed by atoms with van der Waals surface area (Å²) in [5.41, 5.74) is -0.831.